The van der Waals surface area contributed by atoms with Gasteiger partial charge in [0.25, 0.3) is 0 Å². The zero-order valence-corrected chi connectivity index (χ0v) is 21.1. The van der Waals surface area contributed by atoms with Crippen molar-refractivity contribution >= 4 is 40.5 Å². The first-order valence-corrected chi connectivity index (χ1v) is 12.9. The molecular weight excluding hydrogens is 492 g/mol. The second kappa shape index (κ2) is 11.6. The molecule has 4 rings (SSSR count). The van der Waals surface area contributed by atoms with Gasteiger partial charge in [0.05, 0.1) is 6.04 Å². The average molecular weight is 527 g/mol. The number of H-pyrrole nitrogens is 1. The van der Waals surface area contributed by atoms with Crippen molar-refractivity contribution in [2.75, 3.05) is 13.1 Å². The molecule has 4 amide bonds. The van der Waals surface area contributed by atoms with Crippen LogP contribution in [0.15, 0.2) is 30.5 Å². The summed E-state index contributed by atoms with van der Waals surface area (Å²) in [6.07, 6.45) is 3.85. The molecule has 204 valence electrons. The van der Waals surface area contributed by atoms with Gasteiger partial charge in [0.1, 0.15) is 18.1 Å². The highest BCUT2D eigenvalue weighted by Crippen LogP contribution is 2.24. The molecule has 0 radical (unpaired) electrons. The first-order valence-electron chi connectivity index (χ1n) is 12.9. The van der Waals surface area contributed by atoms with Gasteiger partial charge >= 0.3 is 5.97 Å². The summed E-state index contributed by atoms with van der Waals surface area (Å²) in [5.74, 6) is -3.06. The Morgan fingerprint density at radius 1 is 1.03 bits per heavy atom. The summed E-state index contributed by atoms with van der Waals surface area (Å²) in [4.78, 5) is 68.8. The van der Waals surface area contributed by atoms with E-state index in [1.54, 1.807) is 6.20 Å². The largest absolute Gasteiger partial charge is 0.480 e. The number of hydrogen-bond acceptors (Lipinski definition) is 6. The number of benzene rings is 1. The molecule has 2 aliphatic rings. The Labute approximate surface area is 219 Å². The Morgan fingerprint density at radius 2 is 1.68 bits per heavy atom. The molecule has 4 unspecified atom stereocenters. The molecule has 1 aromatic heterocycles. The normalized spacial score (nSPS) is 20.9. The highest BCUT2D eigenvalue weighted by Gasteiger charge is 2.41. The third-order valence-electron chi connectivity index (χ3n) is 7.39. The number of carbonyl (C=O) groups excluding carboxylic acids is 4. The minimum absolute atomic E-state index is 0.0423. The molecule has 2 fully saturated rings. The van der Waals surface area contributed by atoms with Gasteiger partial charge in [0, 0.05) is 43.0 Å². The van der Waals surface area contributed by atoms with E-state index < -0.39 is 53.8 Å². The maximum Gasteiger partial charge on any atom is 0.326 e. The highest BCUT2D eigenvalue weighted by molar-refractivity contribution is 5.95. The molecule has 1 aromatic carbocycles. The number of carboxylic acids is 1. The number of carbonyl (C=O) groups is 5. The zero-order valence-electron chi connectivity index (χ0n) is 21.1. The molecule has 12 heteroatoms. The van der Waals surface area contributed by atoms with Gasteiger partial charge in [-0.25, -0.2) is 4.79 Å². The number of rotatable bonds is 10. The molecule has 2 aliphatic heterocycles. The van der Waals surface area contributed by atoms with Crippen molar-refractivity contribution in [3.63, 3.8) is 0 Å². The number of carboxylic acid groups (broad SMARTS) is 1. The summed E-state index contributed by atoms with van der Waals surface area (Å²) >= 11 is 0. The highest BCUT2D eigenvalue weighted by atomic mass is 16.4. The number of aliphatic carboxylic acids is 1. The number of likely N-dealkylation sites (tertiary alicyclic amines) is 2. The van der Waals surface area contributed by atoms with E-state index in [-0.39, 0.29) is 19.3 Å². The number of nitrogens with two attached hydrogens (primary N) is 2. The molecule has 2 aromatic rings. The monoisotopic (exact) mass is 526 g/mol. The summed E-state index contributed by atoms with van der Waals surface area (Å²) in [6, 6.07) is 3.80. The van der Waals surface area contributed by atoms with Gasteiger partial charge in [-0.2, -0.15) is 0 Å². The quantitative estimate of drug-likeness (QED) is 0.284. The molecular formula is C26H34N6O6. The van der Waals surface area contributed by atoms with Gasteiger partial charge in [0.2, 0.25) is 23.6 Å². The molecule has 4 atom stereocenters. The Kier molecular flexibility index (Phi) is 8.30. The minimum atomic E-state index is -1.08. The summed E-state index contributed by atoms with van der Waals surface area (Å²) in [5.41, 5.74) is 12.8. The van der Waals surface area contributed by atoms with Crippen LogP contribution in [0.1, 0.15) is 44.1 Å². The first kappa shape index (κ1) is 27.1. The topological polar surface area (TPSA) is 192 Å². The number of nitrogens with zero attached hydrogens (tertiary/aromatic N) is 2. The van der Waals surface area contributed by atoms with Gasteiger partial charge in [-0.3, -0.25) is 19.2 Å². The maximum atomic E-state index is 13.6. The van der Waals surface area contributed by atoms with Crippen LogP contribution in [-0.4, -0.2) is 86.7 Å². The van der Waals surface area contributed by atoms with Crippen LogP contribution in [0.2, 0.25) is 0 Å². The Morgan fingerprint density at radius 3 is 2.37 bits per heavy atom. The van der Waals surface area contributed by atoms with Crippen LogP contribution in [0.4, 0.5) is 0 Å². The summed E-state index contributed by atoms with van der Waals surface area (Å²) in [5, 5.41) is 13.3. The van der Waals surface area contributed by atoms with Crippen LogP contribution in [0.5, 0.6) is 0 Å². The molecule has 12 nitrogen and oxygen atoms in total. The molecule has 0 bridgehead atoms. The van der Waals surface area contributed by atoms with Crippen LogP contribution < -0.4 is 16.8 Å². The lowest BCUT2D eigenvalue weighted by molar-refractivity contribution is -0.149. The predicted octanol–water partition coefficient (Wildman–Crippen LogP) is -0.145. The van der Waals surface area contributed by atoms with Crippen LogP contribution in [0.25, 0.3) is 10.9 Å². The molecule has 0 saturated carbocycles. The Bertz CT molecular complexity index is 1230. The van der Waals surface area contributed by atoms with E-state index in [1.165, 1.54) is 9.80 Å². The van der Waals surface area contributed by atoms with Crippen LogP contribution >= 0.6 is 0 Å². The number of para-hydroxylation sites is 1. The lowest BCUT2D eigenvalue weighted by Crippen LogP contribution is -2.57. The zero-order chi connectivity index (χ0) is 27.4. The fourth-order valence-electron chi connectivity index (χ4n) is 5.41. The lowest BCUT2D eigenvalue weighted by Gasteiger charge is -2.30. The Hall–Kier alpha value is -3.93. The number of fused-ring (bicyclic) bond motifs is 1. The molecule has 7 N–H and O–H groups in total. The SMILES string of the molecule is NC(=O)CCC(N)C(=O)N1CCCC1C(=O)NC(Cc1c[nH]c2ccccc12)C(=O)N1CCCC1C(=O)O. The third-order valence-corrected chi connectivity index (χ3v) is 7.39. The van der Waals surface area contributed by atoms with E-state index in [9.17, 15) is 29.1 Å². The molecule has 0 spiro atoms. The second-order valence-corrected chi connectivity index (χ2v) is 9.95. The van der Waals surface area contributed by atoms with Crippen molar-refractivity contribution in [2.45, 2.75) is 69.1 Å². The molecule has 3 heterocycles. The van der Waals surface area contributed by atoms with E-state index in [1.807, 2.05) is 24.3 Å². The van der Waals surface area contributed by atoms with E-state index >= 15 is 0 Å². The molecule has 2 saturated heterocycles. The number of nitrogens with one attached hydrogen (secondary N) is 2. The summed E-state index contributed by atoms with van der Waals surface area (Å²) in [7, 11) is 0. The minimum Gasteiger partial charge on any atom is -0.480 e. The van der Waals surface area contributed by atoms with Crippen molar-refractivity contribution in [1.82, 2.24) is 20.1 Å². The van der Waals surface area contributed by atoms with E-state index in [4.69, 9.17) is 11.5 Å². The fourth-order valence-corrected chi connectivity index (χ4v) is 5.41. The van der Waals surface area contributed by atoms with Crippen molar-refractivity contribution in [3.8, 4) is 0 Å². The number of amides is 4. The van der Waals surface area contributed by atoms with Gasteiger partial charge in [-0.15, -0.1) is 0 Å². The van der Waals surface area contributed by atoms with Crippen molar-refractivity contribution in [1.29, 1.82) is 0 Å². The van der Waals surface area contributed by atoms with E-state index in [0.717, 1.165) is 16.5 Å². The Balaban J connectivity index is 1.54. The fraction of sp³-hybridized carbons (Fsp3) is 0.500. The van der Waals surface area contributed by atoms with Crippen LogP contribution in [-0.2, 0) is 30.4 Å². The second-order valence-electron chi connectivity index (χ2n) is 9.95. The number of hydrogen-bond donors (Lipinski definition) is 5. The van der Waals surface area contributed by atoms with Crippen LogP contribution in [0, 0.1) is 0 Å². The summed E-state index contributed by atoms with van der Waals surface area (Å²) in [6.45, 7) is 0.619. The van der Waals surface area contributed by atoms with E-state index in [0.29, 0.717) is 38.8 Å². The predicted molar refractivity (Wildman–Crippen MR) is 137 cm³/mol. The van der Waals surface area contributed by atoms with Crippen molar-refractivity contribution in [3.05, 3.63) is 36.0 Å². The summed E-state index contributed by atoms with van der Waals surface area (Å²) < 4.78 is 0. The van der Waals surface area contributed by atoms with Gasteiger partial charge < -0.3 is 36.7 Å². The van der Waals surface area contributed by atoms with E-state index in [2.05, 4.69) is 10.3 Å². The lowest BCUT2D eigenvalue weighted by atomic mass is 10.0. The maximum absolute atomic E-state index is 13.6. The number of aromatic nitrogens is 1. The van der Waals surface area contributed by atoms with Crippen LogP contribution in [0.3, 0.4) is 0 Å². The van der Waals surface area contributed by atoms with Gasteiger partial charge in [-0.05, 0) is 43.7 Å². The number of primary amides is 1. The van der Waals surface area contributed by atoms with Gasteiger partial charge in [-0.1, -0.05) is 18.2 Å². The molecule has 38 heavy (non-hydrogen) atoms. The molecule has 0 aliphatic carbocycles. The number of aromatic amines is 1. The van der Waals surface area contributed by atoms with Gasteiger partial charge in [0.15, 0.2) is 0 Å². The standard InChI is InChI=1S/C26H34N6O6/c27-17(9-10-22(28)33)24(35)31-11-3-7-20(31)23(34)30-19(25(36)32-12-4-8-21(32)26(37)38)13-15-14-29-18-6-2-1-5-16(15)18/h1-2,5-6,14,17,19-21,29H,3-4,7-13,27H2,(H2,28,33)(H,30,34)(H,37,38). The first-order chi connectivity index (χ1) is 18.2. The van der Waals surface area contributed by atoms with Crippen molar-refractivity contribution < 1.29 is 29.1 Å². The van der Waals surface area contributed by atoms with Crippen molar-refractivity contribution in [2.24, 2.45) is 11.5 Å². The average Bonchev–Trinajstić information content (AvgIpc) is 3.65. The smallest absolute Gasteiger partial charge is 0.326 e. The third kappa shape index (κ3) is 5.80.